The number of allylic oxidation sites excluding steroid dienone is 1. The van der Waals surface area contributed by atoms with Gasteiger partial charge in [-0.3, -0.25) is 9.59 Å². The number of aliphatic hydroxyl groups excluding tert-OH is 1. The normalized spacial score (nSPS) is 13.7. The van der Waals surface area contributed by atoms with Crippen molar-refractivity contribution in [2.75, 3.05) is 0 Å². The second kappa shape index (κ2) is 16.1. The average Bonchev–Trinajstić information content (AvgIpc) is 2.54. The van der Waals surface area contributed by atoms with Crippen molar-refractivity contribution in [3.05, 3.63) is 12.2 Å². The van der Waals surface area contributed by atoms with E-state index in [9.17, 15) is 14.7 Å². The molecule has 0 spiro atoms. The maximum Gasteiger partial charge on any atom is 0.303 e. The molecule has 0 aliphatic rings. The molecule has 0 bridgehead atoms. The molecular weight excluding hydrogens is 320 g/mol. The molecule has 0 rings (SSSR count). The van der Waals surface area contributed by atoms with Crippen LogP contribution in [0.2, 0.25) is 0 Å². The van der Waals surface area contributed by atoms with E-state index in [-0.39, 0.29) is 12.4 Å². The fraction of sp³-hybridized carbons (Fsp3) is 0.800. The second-order valence-corrected chi connectivity index (χ2v) is 6.62. The van der Waals surface area contributed by atoms with Gasteiger partial charge in [-0.15, -0.1) is 0 Å². The Morgan fingerprint density at radius 1 is 1.00 bits per heavy atom. The van der Waals surface area contributed by atoms with Crippen LogP contribution in [0.4, 0.5) is 0 Å². The van der Waals surface area contributed by atoms with E-state index >= 15 is 0 Å². The molecule has 0 amide bonds. The SMILES string of the molecule is CCCCCC(O)C(C/C=C/CCCCCCCC(=O)O)OC(C)=O. The standard InChI is InChI=1S/C20H36O5/c1-3-4-11-14-18(22)19(25-17(2)21)15-12-9-7-5-6-8-10-13-16-20(23)24/h9,12,18-19,22H,3-8,10-11,13-16H2,1-2H3,(H,23,24)/b12-9+. The largest absolute Gasteiger partial charge is 0.481 e. The number of aliphatic hydroxyl groups is 1. The van der Waals surface area contributed by atoms with Crippen LogP contribution in [0.1, 0.15) is 90.9 Å². The van der Waals surface area contributed by atoms with E-state index in [0.717, 1.165) is 57.8 Å². The molecule has 2 atom stereocenters. The first-order valence-corrected chi connectivity index (χ1v) is 9.69. The van der Waals surface area contributed by atoms with E-state index in [0.29, 0.717) is 12.8 Å². The zero-order chi connectivity index (χ0) is 18.9. The number of carboxylic acids is 1. The minimum absolute atomic E-state index is 0.262. The van der Waals surface area contributed by atoms with Crippen LogP contribution in [0.15, 0.2) is 12.2 Å². The molecule has 25 heavy (non-hydrogen) atoms. The number of hydrogen-bond acceptors (Lipinski definition) is 4. The lowest BCUT2D eigenvalue weighted by atomic mass is 10.0. The lowest BCUT2D eigenvalue weighted by Crippen LogP contribution is -2.30. The van der Waals surface area contributed by atoms with Crippen molar-refractivity contribution in [1.29, 1.82) is 0 Å². The van der Waals surface area contributed by atoms with E-state index < -0.39 is 18.2 Å². The molecule has 0 radical (unpaired) electrons. The summed E-state index contributed by atoms with van der Waals surface area (Å²) in [7, 11) is 0. The number of unbranched alkanes of at least 4 members (excludes halogenated alkanes) is 7. The number of hydrogen-bond donors (Lipinski definition) is 2. The van der Waals surface area contributed by atoms with E-state index in [1.54, 1.807) is 0 Å². The van der Waals surface area contributed by atoms with Crippen LogP contribution < -0.4 is 0 Å². The van der Waals surface area contributed by atoms with Crippen molar-refractivity contribution in [2.45, 2.75) is 103 Å². The molecule has 2 unspecified atom stereocenters. The molecule has 146 valence electrons. The Morgan fingerprint density at radius 3 is 2.32 bits per heavy atom. The van der Waals surface area contributed by atoms with E-state index in [4.69, 9.17) is 9.84 Å². The van der Waals surface area contributed by atoms with Crippen LogP contribution in [0.25, 0.3) is 0 Å². The maximum absolute atomic E-state index is 11.2. The summed E-state index contributed by atoms with van der Waals surface area (Å²) in [6.45, 7) is 3.49. The number of esters is 1. The minimum Gasteiger partial charge on any atom is -0.481 e. The Kier molecular flexibility index (Phi) is 15.2. The van der Waals surface area contributed by atoms with Crippen molar-refractivity contribution in [2.24, 2.45) is 0 Å². The Labute approximate surface area is 152 Å². The number of aliphatic carboxylic acids is 1. The third-order valence-electron chi connectivity index (χ3n) is 4.15. The summed E-state index contributed by atoms with van der Waals surface area (Å²) < 4.78 is 5.25. The number of rotatable bonds is 16. The van der Waals surface area contributed by atoms with Gasteiger partial charge in [-0.25, -0.2) is 0 Å². The molecule has 0 heterocycles. The summed E-state index contributed by atoms with van der Waals surface area (Å²) in [5.74, 6) is -1.07. The second-order valence-electron chi connectivity index (χ2n) is 6.62. The molecular formula is C20H36O5. The summed E-state index contributed by atoms with van der Waals surface area (Å²) in [5, 5.41) is 18.7. The summed E-state index contributed by atoms with van der Waals surface area (Å²) in [6.07, 6.45) is 13.5. The minimum atomic E-state index is -0.720. The summed E-state index contributed by atoms with van der Waals surface area (Å²) in [4.78, 5) is 21.6. The monoisotopic (exact) mass is 356 g/mol. The van der Waals surface area contributed by atoms with Crippen LogP contribution in [0, 0.1) is 0 Å². The van der Waals surface area contributed by atoms with Gasteiger partial charge in [-0.1, -0.05) is 57.6 Å². The highest BCUT2D eigenvalue weighted by Gasteiger charge is 2.20. The van der Waals surface area contributed by atoms with Crippen LogP contribution in [0.3, 0.4) is 0 Å². The number of carbonyl (C=O) groups is 2. The van der Waals surface area contributed by atoms with Crippen molar-refractivity contribution in [3.8, 4) is 0 Å². The van der Waals surface area contributed by atoms with E-state index in [1.165, 1.54) is 6.92 Å². The Bertz CT molecular complexity index is 378. The van der Waals surface area contributed by atoms with Gasteiger partial charge in [0.2, 0.25) is 0 Å². The highest BCUT2D eigenvalue weighted by molar-refractivity contribution is 5.66. The summed E-state index contributed by atoms with van der Waals surface area (Å²) in [6, 6.07) is 0. The van der Waals surface area contributed by atoms with Gasteiger partial charge in [-0.2, -0.15) is 0 Å². The molecule has 0 aliphatic carbocycles. The lowest BCUT2D eigenvalue weighted by Gasteiger charge is -2.21. The van der Waals surface area contributed by atoms with Crippen LogP contribution >= 0.6 is 0 Å². The fourth-order valence-electron chi connectivity index (χ4n) is 2.70. The predicted molar refractivity (Wildman–Crippen MR) is 99.4 cm³/mol. The molecule has 0 saturated carbocycles. The first-order valence-electron chi connectivity index (χ1n) is 9.69. The maximum atomic E-state index is 11.2. The smallest absolute Gasteiger partial charge is 0.303 e. The molecule has 0 aliphatic heterocycles. The molecule has 0 saturated heterocycles. The average molecular weight is 357 g/mol. The zero-order valence-electron chi connectivity index (χ0n) is 15.9. The quantitative estimate of drug-likeness (QED) is 0.239. The van der Waals surface area contributed by atoms with Gasteiger partial charge in [0, 0.05) is 19.8 Å². The molecule has 5 heteroatoms. The van der Waals surface area contributed by atoms with Crippen LogP contribution in [0.5, 0.6) is 0 Å². The molecule has 0 fully saturated rings. The lowest BCUT2D eigenvalue weighted by molar-refractivity contribution is -0.152. The van der Waals surface area contributed by atoms with Gasteiger partial charge in [0.1, 0.15) is 6.10 Å². The summed E-state index contributed by atoms with van der Waals surface area (Å²) >= 11 is 0. The van der Waals surface area contributed by atoms with Crippen molar-refractivity contribution in [3.63, 3.8) is 0 Å². The fourth-order valence-corrected chi connectivity index (χ4v) is 2.70. The van der Waals surface area contributed by atoms with E-state index in [1.807, 2.05) is 6.08 Å². The molecule has 0 aromatic carbocycles. The third-order valence-corrected chi connectivity index (χ3v) is 4.15. The Balaban J connectivity index is 3.89. The van der Waals surface area contributed by atoms with Gasteiger partial charge >= 0.3 is 11.9 Å². The molecule has 2 N–H and O–H groups in total. The molecule has 0 aromatic rings. The highest BCUT2D eigenvalue weighted by Crippen LogP contribution is 2.14. The van der Waals surface area contributed by atoms with E-state index in [2.05, 4.69) is 13.0 Å². The van der Waals surface area contributed by atoms with Gasteiger partial charge < -0.3 is 14.9 Å². The van der Waals surface area contributed by atoms with Crippen molar-refractivity contribution in [1.82, 2.24) is 0 Å². The Hall–Kier alpha value is -1.36. The Morgan fingerprint density at radius 2 is 1.68 bits per heavy atom. The first-order chi connectivity index (χ1) is 12.0. The predicted octanol–water partition coefficient (Wildman–Crippen LogP) is 4.62. The van der Waals surface area contributed by atoms with Gasteiger partial charge in [0.25, 0.3) is 0 Å². The third kappa shape index (κ3) is 15.9. The number of carbonyl (C=O) groups excluding carboxylic acids is 1. The van der Waals surface area contributed by atoms with Crippen LogP contribution in [-0.4, -0.2) is 34.4 Å². The van der Waals surface area contributed by atoms with Gasteiger partial charge in [0.05, 0.1) is 6.10 Å². The highest BCUT2D eigenvalue weighted by atomic mass is 16.6. The van der Waals surface area contributed by atoms with Gasteiger partial charge in [0.15, 0.2) is 0 Å². The van der Waals surface area contributed by atoms with Crippen molar-refractivity contribution >= 4 is 11.9 Å². The van der Waals surface area contributed by atoms with Crippen LogP contribution in [-0.2, 0) is 14.3 Å². The van der Waals surface area contributed by atoms with Crippen molar-refractivity contribution < 1.29 is 24.5 Å². The molecule has 0 aromatic heterocycles. The first kappa shape index (κ1) is 23.6. The molecule has 5 nitrogen and oxygen atoms in total. The number of carboxylic acid groups (broad SMARTS) is 1. The van der Waals surface area contributed by atoms with Gasteiger partial charge in [-0.05, 0) is 25.7 Å². The summed E-state index contributed by atoms with van der Waals surface area (Å²) in [5.41, 5.74) is 0. The topological polar surface area (TPSA) is 83.8 Å². The zero-order valence-corrected chi connectivity index (χ0v) is 15.9. The number of ether oxygens (including phenoxy) is 1.